The van der Waals surface area contributed by atoms with Gasteiger partial charge in [0.2, 0.25) is 0 Å². The van der Waals surface area contributed by atoms with Gasteiger partial charge in [0.05, 0.1) is 18.4 Å². The largest absolute Gasteiger partial charge is 0.395 e. The van der Waals surface area contributed by atoms with Gasteiger partial charge in [0, 0.05) is 36.0 Å². The van der Waals surface area contributed by atoms with E-state index in [2.05, 4.69) is 20.6 Å². The van der Waals surface area contributed by atoms with Gasteiger partial charge in [-0.25, -0.2) is 9.97 Å². The maximum absolute atomic E-state index is 11.9. The lowest BCUT2D eigenvalue weighted by Crippen LogP contribution is -2.23. The highest BCUT2D eigenvalue weighted by atomic mass is 16.3. The van der Waals surface area contributed by atoms with E-state index in [1.807, 2.05) is 48.5 Å². The van der Waals surface area contributed by atoms with Crippen molar-refractivity contribution in [2.75, 3.05) is 25.0 Å². The Morgan fingerprint density at radius 2 is 1.83 bits per heavy atom. The monoisotopic (exact) mass is 387 g/mol. The quantitative estimate of drug-likeness (QED) is 0.512. The highest BCUT2D eigenvalue weighted by molar-refractivity contribution is 5.94. The number of anilines is 1. The van der Waals surface area contributed by atoms with Crippen molar-refractivity contribution in [2.45, 2.75) is 6.42 Å². The number of nitrogens with one attached hydrogen (secondary N) is 2. The summed E-state index contributed by atoms with van der Waals surface area (Å²) in [5.41, 5.74) is 4.19. The number of hydrogen-bond acceptors (Lipinski definition) is 6. The lowest BCUT2D eigenvalue weighted by atomic mass is 10.1. The molecule has 7 heteroatoms. The fraction of sp³-hybridized carbons (Fsp3) is 0.182. The fourth-order valence-electron chi connectivity index (χ4n) is 2.78. The van der Waals surface area contributed by atoms with Crippen LogP contribution in [-0.2, 0) is 6.42 Å². The van der Waals surface area contributed by atoms with Crippen LogP contribution >= 0.6 is 0 Å². The zero-order valence-corrected chi connectivity index (χ0v) is 15.8. The van der Waals surface area contributed by atoms with Crippen LogP contribution in [0, 0.1) is 11.3 Å². The Hall–Kier alpha value is -3.76. The van der Waals surface area contributed by atoms with Gasteiger partial charge in [-0.1, -0.05) is 24.3 Å². The molecule has 146 valence electrons. The molecule has 0 aliphatic carbocycles. The van der Waals surface area contributed by atoms with Gasteiger partial charge in [-0.2, -0.15) is 5.26 Å². The van der Waals surface area contributed by atoms with Gasteiger partial charge in [-0.15, -0.1) is 0 Å². The molecule has 1 heterocycles. The van der Waals surface area contributed by atoms with Gasteiger partial charge in [0.25, 0.3) is 5.91 Å². The third-order valence-electron chi connectivity index (χ3n) is 4.23. The molecule has 0 radical (unpaired) electrons. The summed E-state index contributed by atoms with van der Waals surface area (Å²) in [5, 5.41) is 23.0. The van der Waals surface area contributed by atoms with E-state index in [1.165, 1.54) is 0 Å². The Morgan fingerprint density at radius 3 is 2.52 bits per heavy atom. The van der Waals surface area contributed by atoms with Crippen LogP contribution in [0.1, 0.15) is 21.7 Å². The molecule has 0 fully saturated rings. The number of nitriles is 1. The number of aliphatic hydroxyl groups excluding tert-OH is 1. The van der Waals surface area contributed by atoms with Gasteiger partial charge >= 0.3 is 0 Å². The second kappa shape index (κ2) is 9.97. The molecule has 0 saturated carbocycles. The molecular formula is C22H21N5O2. The van der Waals surface area contributed by atoms with Crippen LogP contribution in [0.5, 0.6) is 0 Å². The number of aromatic nitrogens is 2. The SMILES string of the molecule is N#CCNC(=O)c1ccc(-c2ccnc(Cc3ccc(NCCO)cc3)n2)cc1. The Morgan fingerprint density at radius 1 is 1.07 bits per heavy atom. The highest BCUT2D eigenvalue weighted by Crippen LogP contribution is 2.19. The number of nitrogens with zero attached hydrogens (tertiary/aromatic N) is 3. The molecule has 0 aliphatic rings. The summed E-state index contributed by atoms with van der Waals surface area (Å²) in [6.45, 7) is 0.589. The van der Waals surface area contributed by atoms with E-state index in [0.717, 1.165) is 22.5 Å². The molecule has 1 aromatic heterocycles. The van der Waals surface area contributed by atoms with Crippen molar-refractivity contribution in [3.05, 3.63) is 77.7 Å². The van der Waals surface area contributed by atoms with Crippen molar-refractivity contribution >= 4 is 11.6 Å². The Kier molecular flexibility index (Phi) is 6.87. The van der Waals surface area contributed by atoms with Crippen LogP contribution < -0.4 is 10.6 Å². The minimum atomic E-state index is -0.279. The van der Waals surface area contributed by atoms with Crippen LogP contribution in [0.3, 0.4) is 0 Å². The lowest BCUT2D eigenvalue weighted by molar-refractivity contribution is 0.0958. The van der Waals surface area contributed by atoms with Crippen LogP contribution in [0.4, 0.5) is 5.69 Å². The molecule has 0 bridgehead atoms. The molecule has 29 heavy (non-hydrogen) atoms. The average molecular weight is 387 g/mol. The molecule has 1 amide bonds. The average Bonchev–Trinajstić information content (AvgIpc) is 2.77. The molecule has 0 aliphatic heterocycles. The smallest absolute Gasteiger partial charge is 0.252 e. The summed E-state index contributed by atoms with van der Waals surface area (Å²) in [5.74, 6) is 0.424. The van der Waals surface area contributed by atoms with E-state index in [1.54, 1.807) is 18.3 Å². The summed E-state index contributed by atoms with van der Waals surface area (Å²) in [4.78, 5) is 20.9. The summed E-state index contributed by atoms with van der Waals surface area (Å²) in [6, 6.07) is 18.7. The normalized spacial score (nSPS) is 10.2. The van der Waals surface area contributed by atoms with Crippen molar-refractivity contribution in [2.24, 2.45) is 0 Å². The predicted octanol–water partition coefficient (Wildman–Crippen LogP) is 2.39. The van der Waals surface area contributed by atoms with E-state index in [4.69, 9.17) is 10.4 Å². The first-order chi connectivity index (χ1) is 14.2. The molecule has 7 nitrogen and oxygen atoms in total. The van der Waals surface area contributed by atoms with Crippen LogP contribution in [0.15, 0.2) is 60.8 Å². The molecule has 3 rings (SSSR count). The van der Waals surface area contributed by atoms with Gasteiger partial charge in [-0.05, 0) is 35.9 Å². The number of hydrogen-bond donors (Lipinski definition) is 3. The molecule has 0 saturated heterocycles. The number of rotatable bonds is 8. The molecule has 3 aromatic rings. The number of amides is 1. The zero-order chi connectivity index (χ0) is 20.5. The third kappa shape index (κ3) is 5.61. The maximum atomic E-state index is 11.9. The maximum Gasteiger partial charge on any atom is 0.252 e. The topological polar surface area (TPSA) is 111 Å². The fourth-order valence-corrected chi connectivity index (χ4v) is 2.78. The Balaban J connectivity index is 1.69. The number of carbonyl (C=O) groups is 1. The first-order valence-corrected chi connectivity index (χ1v) is 9.21. The summed E-state index contributed by atoms with van der Waals surface area (Å²) in [7, 11) is 0. The minimum Gasteiger partial charge on any atom is -0.395 e. The van der Waals surface area contributed by atoms with Crippen LogP contribution in [0.2, 0.25) is 0 Å². The second-order valence-corrected chi connectivity index (χ2v) is 6.30. The van der Waals surface area contributed by atoms with Crippen molar-refractivity contribution in [3.63, 3.8) is 0 Å². The molecule has 0 spiro atoms. The third-order valence-corrected chi connectivity index (χ3v) is 4.23. The van der Waals surface area contributed by atoms with Crippen molar-refractivity contribution in [1.29, 1.82) is 5.26 Å². The zero-order valence-electron chi connectivity index (χ0n) is 15.8. The van der Waals surface area contributed by atoms with Gasteiger partial charge in [-0.3, -0.25) is 4.79 Å². The van der Waals surface area contributed by atoms with Gasteiger partial charge in [0.1, 0.15) is 12.4 Å². The molecule has 0 atom stereocenters. The number of carbonyl (C=O) groups excluding carboxylic acids is 1. The standard InChI is InChI=1S/C22H21N5O2/c23-10-12-26-22(29)18-5-3-17(4-6-18)20-9-11-25-21(27-20)15-16-1-7-19(8-2-16)24-13-14-28/h1-9,11,24,28H,12-15H2,(H,26,29). The number of aliphatic hydroxyl groups is 1. The Bertz CT molecular complexity index is 995. The van der Waals surface area contributed by atoms with Crippen molar-refractivity contribution in [3.8, 4) is 17.3 Å². The van der Waals surface area contributed by atoms with Crippen LogP contribution in [0.25, 0.3) is 11.3 Å². The second-order valence-electron chi connectivity index (χ2n) is 6.30. The molecular weight excluding hydrogens is 366 g/mol. The molecule has 3 N–H and O–H groups in total. The van der Waals surface area contributed by atoms with Crippen LogP contribution in [-0.4, -0.2) is 40.7 Å². The summed E-state index contributed by atoms with van der Waals surface area (Å²) >= 11 is 0. The summed E-state index contributed by atoms with van der Waals surface area (Å²) < 4.78 is 0. The lowest BCUT2D eigenvalue weighted by Gasteiger charge is -2.07. The first kappa shape index (κ1) is 20.0. The summed E-state index contributed by atoms with van der Waals surface area (Å²) in [6.07, 6.45) is 2.32. The van der Waals surface area contributed by atoms with Crippen molar-refractivity contribution < 1.29 is 9.90 Å². The van der Waals surface area contributed by atoms with E-state index < -0.39 is 0 Å². The number of benzene rings is 2. The van der Waals surface area contributed by atoms with E-state index in [0.29, 0.717) is 24.4 Å². The van der Waals surface area contributed by atoms with E-state index in [-0.39, 0.29) is 19.1 Å². The van der Waals surface area contributed by atoms with E-state index in [9.17, 15) is 4.79 Å². The molecule has 2 aromatic carbocycles. The van der Waals surface area contributed by atoms with Gasteiger partial charge in [0.15, 0.2) is 0 Å². The minimum absolute atomic E-state index is 0.0195. The first-order valence-electron chi connectivity index (χ1n) is 9.21. The molecule has 0 unspecified atom stereocenters. The van der Waals surface area contributed by atoms with Crippen molar-refractivity contribution in [1.82, 2.24) is 15.3 Å². The highest BCUT2D eigenvalue weighted by Gasteiger charge is 2.07. The Labute approximate surface area is 169 Å². The van der Waals surface area contributed by atoms with Gasteiger partial charge < -0.3 is 15.7 Å². The van der Waals surface area contributed by atoms with E-state index >= 15 is 0 Å². The predicted molar refractivity (Wildman–Crippen MR) is 110 cm³/mol.